The molecule has 5 heteroatoms. The number of nitrogens with one attached hydrogen (secondary N) is 1. The molecule has 2 saturated heterocycles. The Kier molecular flexibility index (Phi) is 2.13. The van der Waals surface area contributed by atoms with Gasteiger partial charge >= 0.3 is 5.97 Å². The van der Waals surface area contributed by atoms with Crippen LogP contribution in [0.25, 0.3) is 0 Å². The van der Waals surface area contributed by atoms with Gasteiger partial charge in [-0.1, -0.05) is 0 Å². The summed E-state index contributed by atoms with van der Waals surface area (Å²) in [4.78, 5) is 23.0. The number of carbonyl (C=O) groups is 2. The summed E-state index contributed by atoms with van der Waals surface area (Å²) in [5.74, 6) is 1.20. The number of thioether (sulfide) groups is 1. The monoisotopic (exact) mass is 267 g/mol. The number of carboxylic acid groups (broad SMARTS) is 1. The predicted octanol–water partition coefficient (Wildman–Crippen LogP) is 1.11. The lowest BCUT2D eigenvalue weighted by Crippen LogP contribution is -2.48. The Hall–Kier alpha value is -0.710. The second-order valence-corrected chi connectivity index (χ2v) is 7.73. The Morgan fingerprint density at radius 3 is 2.56 bits per heavy atom. The third-order valence-corrected chi connectivity index (χ3v) is 6.70. The summed E-state index contributed by atoms with van der Waals surface area (Å²) < 4.78 is 0. The summed E-state index contributed by atoms with van der Waals surface area (Å²) in [6.45, 7) is 0. The van der Waals surface area contributed by atoms with Crippen molar-refractivity contribution >= 4 is 23.6 Å². The Morgan fingerprint density at radius 1 is 1.22 bits per heavy atom. The molecule has 1 amide bonds. The number of fused-ring (bicyclic) bond motifs is 1. The minimum absolute atomic E-state index is 0.0573. The quantitative estimate of drug-likeness (QED) is 0.800. The lowest BCUT2D eigenvalue weighted by atomic mass is 9.70. The van der Waals surface area contributed by atoms with Crippen LogP contribution in [0, 0.1) is 23.2 Å². The SMILES string of the molecule is O=C(O)[C@@H]1C[C@@H]1[C@@H]1C[C@@H]1NC(=O)C12CSC(C1)C2. The van der Waals surface area contributed by atoms with E-state index in [1.165, 1.54) is 0 Å². The number of aliphatic carboxylic acids is 1. The number of amides is 1. The predicted molar refractivity (Wildman–Crippen MR) is 67.2 cm³/mol. The minimum Gasteiger partial charge on any atom is -0.481 e. The third-order valence-electron chi connectivity index (χ3n) is 5.18. The summed E-state index contributed by atoms with van der Waals surface area (Å²) in [5.41, 5.74) is -0.0573. The molecule has 5 fully saturated rings. The molecule has 0 radical (unpaired) electrons. The molecule has 5 rings (SSSR count). The molecule has 5 aliphatic rings. The van der Waals surface area contributed by atoms with Crippen molar-refractivity contribution in [3.8, 4) is 0 Å². The number of carbonyl (C=O) groups excluding carboxylic acids is 1. The lowest BCUT2D eigenvalue weighted by molar-refractivity contribution is -0.138. The van der Waals surface area contributed by atoms with Crippen LogP contribution in [-0.4, -0.2) is 34.0 Å². The van der Waals surface area contributed by atoms with Gasteiger partial charge in [-0.25, -0.2) is 0 Å². The van der Waals surface area contributed by atoms with Gasteiger partial charge in [0.1, 0.15) is 0 Å². The molecule has 2 bridgehead atoms. The molecule has 3 aliphatic carbocycles. The van der Waals surface area contributed by atoms with E-state index in [0.29, 0.717) is 11.8 Å². The van der Waals surface area contributed by atoms with Gasteiger partial charge in [-0.15, -0.1) is 0 Å². The number of hydrogen-bond donors (Lipinski definition) is 2. The van der Waals surface area contributed by atoms with Gasteiger partial charge in [0, 0.05) is 17.0 Å². The Morgan fingerprint density at radius 2 is 2.00 bits per heavy atom. The number of rotatable bonds is 4. The van der Waals surface area contributed by atoms with Crippen molar-refractivity contribution in [2.45, 2.75) is 37.0 Å². The molecule has 0 unspecified atom stereocenters. The molecule has 2 N–H and O–H groups in total. The van der Waals surface area contributed by atoms with Gasteiger partial charge in [0.25, 0.3) is 0 Å². The highest BCUT2D eigenvalue weighted by Gasteiger charge is 2.60. The van der Waals surface area contributed by atoms with E-state index < -0.39 is 5.97 Å². The van der Waals surface area contributed by atoms with Crippen molar-refractivity contribution in [2.24, 2.45) is 23.2 Å². The lowest BCUT2D eigenvalue weighted by Gasteiger charge is -2.35. The largest absolute Gasteiger partial charge is 0.481 e. The first-order valence-electron chi connectivity index (χ1n) is 6.74. The molecule has 4 atom stereocenters. The van der Waals surface area contributed by atoms with Gasteiger partial charge < -0.3 is 10.4 Å². The van der Waals surface area contributed by atoms with Crippen LogP contribution in [0.2, 0.25) is 0 Å². The van der Waals surface area contributed by atoms with Crippen LogP contribution in [-0.2, 0) is 9.59 Å². The molecular weight excluding hydrogens is 250 g/mol. The summed E-state index contributed by atoms with van der Waals surface area (Å²) in [6, 6.07) is 0.269. The van der Waals surface area contributed by atoms with Gasteiger partial charge in [-0.2, -0.15) is 11.8 Å². The van der Waals surface area contributed by atoms with Crippen LogP contribution in [0.15, 0.2) is 0 Å². The molecule has 2 aliphatic heterocycles. The molecule has 0 spiro atoms. The average molecular weight is 267 g/mol. The Labute approximate surface area is 110 Å². The van der Waals surface area contributed by atoms with Crippen molar-refractivity contribution in [3.63, 3.8) is 0 Å². The molecular formula is C13H17NO3S. The van der Waals surface area contributed by atoms with Gasteiger partial charge in [-0.3, -0.25) is 9.59 Å². The highest BCUT2D eigenvalue weighted by Crippen LogP contribution is 2.59. The van der Waals surface area contributed by atoms with Crippen LogP contribution in [0.4, 0.5) is 0 Å². The van der Waals surface area contributed by atoms with Gasteiger partial charge in [0.05, 0.1) is 11.3 Å². The molecule has 0 aromatic carbocycles. The van der Waals surface area contributed by atoms with E-state index in [-0.39, 0.29) is 23.3 Å². The summed E-state index contributed by atoms with van der Waals surface area (Å²) in [6.07, 6.45) is 3.92. The average Bonchev–Trinajstić information content (AvgIpc) is 3.12. The maximum atomic E-state index is 12.2. The minimum atomic E-state index is -0.662. The number of hydrogen-bond acceptors (Lipinski definition) is 3. The zero-order chi connectivity index (χ0) is 12.5. The fourth-order valence-corrected chi connectivity index (χ4v) is 5.52. The van der Waals surface area contributed by atoms with Crippen LogP contribution in [0.3, 0.4) is 0 Å². The van der Waals surface area contributed by atoms with Gasteiger partial charge in [0.2, 0.25) is 5.91 Å². The van der Waals surface area contributed by atoms with E-state index >= 15 is 0 Å². The third kappa shape index (κ3) is 1.52. The van der Waals surface area contributed by atoms with E-state index in [0.717, 1.165) is 36.7 Å². The van der Waals surface area contributed by atoms with Crippen molar-refractivity contribution in [2.75, 3.05) is 5.75 Å². The second kappa shape index (κ2) is 3.44. The van der Waals surface area contributed by atoms with Crippen molar-refractivity contribution < 1.29 is 14.7 Å². The highest BCUT2D eigenvalue weighted by molar-refractivity contribution is 8.00. The van der Waals surface area contributed by atoms with Crippen LogP contribution < -0.4 is 5.32 Å². The first-order chi connectivity index (χ1) is 8.59. The maximum Gasteiger partial charge on any atom is 0.306 e. The first-order valence-corrected chi connectivity index (χ1v) is 7.79. The maximum absolute atomic E-state index is 12.2. The fraction of sp³-hybridized carbons (Fsp3) is 0.846. The second-order valence-electron chi connectivity index (χ2n) is 6.45. The van der Waals surface area contributed by atoms with Crippen molar-refractivity contribution in [3.05, 3.63) is 0 Å². The van der Waals surface area contributed by atoms with Crippen molar-refractivity contribution in [1.29, 1.82) is 0 Å². The van der Waals surface area contributed by atoms with E-state index in [1.807, 2.05) is 11.8 Å². The van der Waals surface area contributed by atoms with Crippen molar-refractivity contribution in [1.82, 2.24) is 5.32 Å². The molecule has 3 saturated carbocycles. The molecule has 0 aromatic rings. The highest BCUT2D eigenvalue weighted by atomic mass is 32.2. The zero-order valence-electron chi connectivity index (χ0n) is 10.1. The van der Waals surface area contributed by atoms with E-state index in [4.69, 9.17) is 5.11 Å². The summed E-state index contributed by atoms with van der Waals surface area (Å²) in [5, 5.41) is 12.8. The smallest absolute Gasteiger partial charge is 0.306 e. The Balaban J connectivity index is 1.30. The van der Waals surface area contributed by atoms with Crippen LogP contribution in [0.1, 0.15) is 25.7 Å². The molecule has 2 heterocycles. The normalized spacial score (nSPS) is 51.4. The molecule has 98 valence electrons. The van der Waals surface area contributed by atoms with Crippen LogP contribution in [0.5, 0.6) is 0 Å². The summed E-state index contributed by atoms with van der Waals surface area (Å²) in [7, 11) is 0. The Bertz CT molecular complexity index is 426. The summed E-state index contributed by atoms with van der Waals surface area (Å²) >= 11 is 1.93. The first kappa shape index (κ1) is 11.1. The zero-order valence-corrected chi connectivity index (χ0v) is 10.9. The van der Waals surface area contributed by atoms with E-state index in [2.05, 4.69) is 5.32 Å². The van der Waals surface area contributed by atoms with E-state index in [9.17, 15) is 9.59 Å². The van der Waals surface area contributed by atoms with Gasteiger partial charge in [-0.05, 0) is 37.5 Å². The number of carboxylic acids is 1. The molecule has 18 heavy (non-hydrogen) atoms. The van der Waals surface area contributed by atoms with Crippen LogP contribution >= 0.6 is 11.8 Å². The standard InChI is InChI=1S/C13H17NO3S/c15-11(16)9-1-7(9)8-2-10(8)14-12(17)13-3-6(4-13)18-5-13/h6-10H,1-5H2,(H,14,17)(H,15,16)/t6?,7-,8+,9-,10+,13?/m1/s1. The fourth-order valence-electron chi connectivity index (χ4n) is 3.72. The molecule has 0 aromatic heterocycles. The molecule has 4 nitrogen and oxygen atoms in total. The van der Waals surface area contributed by atoms with Gasteiger partial charge in [0.15, 0.2) is 0 Å². The van der Waals surface area contributed by atoms with E-state index in [1.54, 1.807) is 0 Å². The topological polar surface area (TPSA) is 66.4 Å².